The minimum atomic E-state index is -4.49. The molecule has 0 radical (unpaired) electrons. The monoisotopic (exact) mass is 459 g/mol. The van der Waals surface area contributed by atoms with Gasteiger partial charge in [-0.15, -0.1) is 0 Å². The molecule has 0 saturated carbocycles. The molecule has 2 aromatic carbocycles. The molecule has 0 spiro atoms. The van der Waals surface area contributed by atoms with Crippen molar-refractivity contribution in [2.24, 2.45) is 5.73 Å². The van der Waals surface area contributed by atoms with E-state index in [0.29, 0.717) is 35.3 Å². The third kappa shape index (κ3) is 4.80. The molecule has 33 heavy (non-hydrogen) atoms. The van der Waals surface area contributed by atoms with Crippen LogP contribution in [0.5, 0.6) is 5.75 Å². The van der Waals surface area contributed by atoms with Crippen LogP contribution in [0.15, 0.2) is 48.8 Å². The molecule has 0 unspecified atom stereocenters. The molecule has 1 fully saturated rings. The third-order valence-electron chi connectivity index (χ3n) is 5.95. The smallest absolute Gasteiger partial charge is 0.416 e. The van der Waals surface area contributed by atoms with Crippen molar-refractivity contribution in [3.8, 4) is 28.0 Å². The van der Waals surface area contributed by atoms with E-state index in [9.17, 15) is 17.6 Å². The van der Waals surface area contributed by atoms with Gasteiger partial charge in [-0.25, -0.2) is 4.39 Å². The van der Waals surface area contributed by atoms with Crippen molar-refractivity contribution in [1.29, 1.82) is 0 Å². The highest BCUT2D eigenvalue weighted by atomic mass is 19.4. The second-order valence-corrected chi connectivity index (χ2v) is 8.34. The molecule has 1 aliphatic rings. The number of nitrogens with two attached hydrogens (primary N) is 1. The first-order valence-corrected chi connectivity index (χ1v) is 10.7. The van der Waals surface area contributed by atoms with E-state index in [4.69, 9.17) is 10.5 Å². The van der Waals surface area contributed by atoms with Crippen LogP contribution >= 0.6 is 0 Å². The van der Waals surface area contributed by atoms with Crippen molar-refractivity contribution < 1.29 is 22.3 Å². The molecule has 2 N–H and O–H groups in total. The summed E-state index contributed by atoms with van der Waals surface area (Å²) in [5, 5.41) is 0. The van der Waals surface area contributed by atoms with Gasteiger partial charge in [0, 0.05) is 48.2 Å². The Morgan fingerprint density at radius 1 is 1.00 bits per heavy atom. The lowest BCUT2D eigenvalue weighted by Crippen LogP contribution is -2.40. The van der Waals surface area contributed by atoms with Crippen LogP contribution in [0.25, 0.3) is 22.3 Å². The number of rotatable bonds is 4. The fourth-order valence-corrected chi connectivity index (χ4v) is 4.31. The number of nitrogens with zero attached hydrogens (tertiary/aromatic N) is 2. The van der Waals surface area contributed by atoms with Crippen molar-refractivity contribution in [3.05, 3.63) is 65.7 Å². The third-order valence-corrected chi connectivity index (χ3v) is 5.95. The molecule has 4 nitrogen and oxygen atoms in total. The quantitative estimate of drug-likeness (QED) is 0.500. The largest absolute Gasteiger partial charge is 0.496 e. The highest BCUT2D eigenvalue weighted by molar-refractivity contribution is 5.92. The molecule has 3 aromatic rings. The van der Waals surface area contributed by atoms with Gasteiger partial charge in [0.05, 0.1) is 18.4 Å². The van der Waals surface area contributed by atoms with E-state index >= 15 is 0 Å². The molecule has 0 aliphatic carbocycles. The number of halogens is 4. The molecule has 2 heterocycles. The normalized spacial score (nSPS) is 15.1. The van der Waals surface area contributed by atoms with Gasteiger partial charge in [-0.2, -0.15) is 13.2 Å². The SMILES string of the molecule is COc1cc(C(F)(F)F)ccc1-c1cncc(-c2cc(C)cc(F)c2)c1N1CCC(N)CC1. The highest BCUT2D eigenvalue weighted by Gasteiger charge is 2.32. The van der Waals surface area contributed by atoms with Gasteiger partial charge in [-0.05, 0) is 61.2 Å². The summed E-state index contributed by atoms with van der Waals surface area (Å²) in [6.45, 7) is 3.15. The van der Waals surface area contributed by atoms with Crippen molar-refractivity contribution >= 4 is 5.69 Å². The molecule has 1 saturated heterocycles. The molecule has 0 bridgehead atoms. The molecular weight excluding hydrogens is 434 g/mol. The van der Waals surface area contributed by atoms with Crippen LogP contribution in [-0.4, -0.2) is 31.2 Å². The Balaban J connectivity index is 1.94. The predicted molar refractivity (Wildman–Crippen MR) is 121 cm³/mol. The summed E-state index contributed by atoms with van der Waals surface area (Å²) in [4.78, 5) is 6.51. The minimum absolute atomic E-state index is 0.0898. The molecule has 0 atom stereocenters. The molecule has 174 valence electrons. The molecular formula is C25H25F4N3O. The lowest BCUT2D eigenvalue weighted by molar-refractivity contribution is -0.137. The van der Waals surface area contributed by atoms with Gasteiger partial charge in [0.25, 0.3) is 0 Å². The Morgan fingerprint density at radius 2 is 1.70 bits per heavy atom. The van der Waals surface area contributed by atoms with Crippen molar-refractivity contribution in [2.45, 2.75) is 32.0 Å². The van der Waals surface area contributed by atoms with Gasteiger partial charge in [-0.1, -0.05) is 6.07 Å². The van der Waals surface area contributed by atoms with Gasteiger partial charge in [0.2, 0.25) is 0 Å². The fraction of sp³-hybridized carbons (Fsp3) is 0.320. The van der Waals surface area contributed by atoms with Gasteiger partial charge in [0.1, 0.15) is 11.6 Å². The number of methoxy groups -OCH3 is 1. The number of hydrogen-bond donors (Lipinski definition) is 1. The van der Waals surface area contributed by atoms with Crippen molar-refractivity contribution in [3.63, 3.8) is 0 Å². The number of aromatic nitrogens is 1. The maximum Gasteiger partial charge on any atom is 0.416 e. The Morgan fingerprint density at radius 3 is 2.33 bits per heavy atom. The summed E-state index contributed by atoms with van der Waals surface area (Å²) in [5.41, 5.74) is 9.30. The number of piperidine rings is 1. The van der Waals surface area contributed by atoms with Crippen molar-refractivity contribution in [1.82, 2.24) is 4.98 Å². The molecule has 0 amide bonds. The van der Waals surface area contributed by atoms with Crippen LogP contribution in [0.4, 0.5) is 23.2 Å². The van der Waals surface area contributed by atoms with Gasteiger partial charge in [-0.3, -0.25) is 4.98 Å². The second-order valence-electron chi connectivity index (χ2n) is 8.34. The molecule has 4 rings (SSSR count). The summed E-state index contributed by atoms with van der Waals surface area (Å²) in [7, 11) is 1.34. The number of anilines is 1. The first-order valence-electron chi connectivity index (χ1n) is 10.7. The number of pyridine rings is 1. The average molecular weight is 459 g/mol. The lowest BCUT2D eigenvalue weighted by Gasteiger charge is -2.35. The second kappa shape index (κ2) is 9.02. The average Bonchev–Trinajstić information content (AvgIpc) is 2.77. The van der Waals surface area contributed by atoms with Crippen LogP contribution in [0.1, 0.15) is 24.0 Å². The molecule has 1 aromatic heterocycles. The Hall–Kier alpha value is -3.13. The van der Waals surface area contributed by atoms with Gasteiger partial charge in [0.15, 0.2) is 0 Å². The summed E-state index contributed by atoms with van der Waals surface area (Å²) in [6.07, 6.45) is 0.334. The van der Waals surface area contributed by atoms with Gasteiger partial charge >= 0.3 is 6.18 Å². The summed E-state index contributed by atoms with van der Waals surface area (Å²) >= 11 is 0. The topological polar surface area (TPSA) is 51.4 Å². The Bertz CT molecular complexity index is 1130. The first-order chi connectivity index (χ1) is 15.7. The Kier molecular flexibility index (Phi) is 6.30. The maximum atomic E-state index is 14.3. The number of alkyl halides is 3. The van der Waals surface area contributed by atoms with Gasteiger partial charge < -0.3 is 15.4 Å². The molecule has 1 aliphatic heterocycles. The van der Waals surface area contributed by atoms with Crippen LogP contribution in [0, 0.1) is 12.7 Å². The molecule has 8 heteroatoms. The minimum Gasteiger partial charge on any atom is -0.496 e. The number of aryl methyl sites for hydroxylation is 1. The van der Waals surface area contributed by atoms with E-state index in [1.54, 1.807) is 12.4 Å². The zero-order chi connectivity index (χ0) is 23.8. The highest BCUT2D eigenvalue weighted by Crippen LogP contribution is 2.44. The fourth-order valence-electron chi connectivity index (χ4n) is 4.31. The first kappa shape index (κ1) is 23.0. The van der Waals surface area contributed by atoms with E-state index < -0.39 is 11.7 Å². The zero-order valence-electron chi connectivity index (χ0n) is 18.4. The number of benzene rings is 2. The van der Waals surface area contributed by atoms with E-state index in [2.05, 4.69) is 9.88 Å². The van der Waals surface area contributed by atoms with E-state index in [1.165, 1.54) is 25.3 Å². The summed E-state index contributed by atoms with van der Waals surface area (Å²) < 4.78 is 59.5. The van der Waals surface area contributed by atoms with Crippen LogP contribution < -0.4 is 15.4 Å². The van der Waals surface area contributed by atoms with Crippen LogP contribution in [0.2, 0.25) is 0 Å². The number of ether oxygens (including phenoxy) is 1. The van der Waals surface area contributed by atoms with E-state index in [1.807, 2.05) is 13.0 Å². The van der Waals surface area contributed by atoms with E-state index in [-0.39, 0.29) is 17.6 Å². The Labute approximate surface area is 190 Å². The van der Waals surface area contributed by atoms with Crippen LogP contribution in [0.3, 0.4) is 0 Å². The standard InChI is InChI=1S/C25H25F4N3O/c1-15-9-16(11-18(26)10-15)21-13-31-14-22(24(21)32-7-5-19(30)6-8-32)20-4-3-17(25(27,28)29)12-23(20)33-2/h3-4,9-14,19H,5-8,30H2,1-2H3. The lowest BCUT2D eigenvalue weighted by atomic mass is 9.94. The summed E-state index contributed by atoms with van der Waals surface area (Å²) in [5.74, 6) is -0.275. The summed E-state index contributed by atoms with van der Waals surface area (Å²) in [6, 6.07) is 8.27. The predicted octanol–water partition coefficient (Wildman–Crippen LogP) is 5.82. The number of hydrogen-bond acceptors (Lipinski definition) is 4. The van der Waals surface area contributed by atoms with E-state index in [0.717, 1.165) is 36.2 Å². The van der Waals surface area contributed by atoms with Crippen molar-refractivity contribution in [2.75, 3.05) is 25.1 Å². The van der Waals surface area contributed by atoms with Crippen LogP contribution in [-0.2, 0) is 6.18 Å². The maximum absolute atomic E-state index is 14.3. The zero-order valence-corrected chi connectivity index (χ0v) is 18.4.